The topological polar surface area (TPSA) is 62.1 Å². The number of nitriles is 1. The molecule has 1 amide bonds. The van der Waals surface area contributed by atoms with E-state index in [1.54, 1.807) is 12.1 Å². The first kappa shape index (κ1) is 11.1. The molecule has 0 atom stereocenters. The molecular weight excluding hydrogens is 192 g/mol. The Kier molecular flexibility index (Phi) is 4.17. The molecule has 0 saturated carbocycles. The van der Waals surface area contributed by atoms with Crippen LogP contribution in [0.15, 0.2) is 24.3 Å². The van der Waals surface area contributed by atoms with Crippen molar-refractivity contribution in [2.45, 2.75) is 13.3 Å². The first-order chi connectivity index (χ1) is 7.22. The summed E-state index contributed by atoms with van der Waals surface area (Å²) in [6.07, 6.45) is -0.252. The number of hydrogen-bond donors (Lipinski definition) is 1. The van der Waals surface area contributed by atoms with Gasteiger partial charge in [-0.1, -0.05) is 17.7 Å². The molecule has 1 rings (SSSR count). The average molecular weight is 204 g/mol. The molecule has 78 valence electrons. The van der Waals surface area contributed by atoms with Crippen LogP contribution in [-0.2, 0) is 0 Å². The second kappa shape index (κ2) is 5.66. The van der Waals surface area contributed by atoms with Crippen LogP contribution in [0.2, 0.25) is 0 Å². The summed E-state index contributed by atoms with van der Waals surface area (Å²) in [6.45, 7) is 2.26. The normalized spacial score (nSPS) is 9.07. The number of carbonyl (C=O) groups is 1. The monoisotopic (exact) mass is 204 g/mol. The second-order valence-electron chi connectivity index (χ2n) is 3.04. The molecule has 0 radical (unpaired) electrons. The minimum Gasteiger partial charge on any atom is -0.410 e. The maximum Gasteiger partial charge on any atom is 0.412 e. The van der Waals surface area contributed by atoms with Crippen molar-refractivity contribution in [3.05, 3.63) is 29.8 Å². The van der Waals surface area contributed by atoms with E-state index in [2.05, 4.69) is 5.32 Å². The van der Waals surface area contributed by atoms with Crippen molar-refractivity contribution >= 4 is 6.09 Å². The Morgan fingerprint density at radius 3 is 2.73 bits per heavy atom. The minimum absolute atomic E-state index is 0.281. The molecule has 1 aromatic carbocycles. The van der Waals surface area contributed by atoms with Crippen LogP contribution in [0.5, 0.6) is 5.75 Å². The van der Waals surface area contributed by atoms with Crippen molar-refractivity contribution in [1.82, 2.24) is 5.32 Å². The van der Waals surface area contributed by atoms with Gasteiger partial charge in [-0.15, -0.1) is 0 Å². The maximum absolute atomic E-state index is 11.1. The van der Waals surface area contributed by atoms with E-state index in [1.807, 2.05) is 25.1 Å². The van der Waals surface area contributed by atoms with Crippen LogP contribution < -0.4 is 10.1 Å². The van der Waals surface area contributed by atoms with E-state index < -0.39 is 6.09 Å². The number of nitrogens with one attached hydrogen (secondary N) is 1. The van der Waals surface area contributed by atoms with Gasteiger partial charge >= 0.3 is 6.09 Å². The highest BCUT2D eigenvalue weighted by atomic mass is 16.5. The maximum atomic E-state index is 11.1. The summed E-state index contributed by atoms with van der Waals surface area (Å²) in [4.78, 5) is 11.1. The summed E-state index contributed by atoms with van der Waals surface area (Å²) in [5.41, 5.74) is 1.10. The standard InChI is InChI=1S/C11H12N2O2/c1-9-3-5-10(6-4-9)15-11(14)13-8-2-7-12/h3-6H,2,8H2,1H3,(H,13,14). The van der Waals surface area contributed by atoms with Crippen molar-refractivity contribution in [2.24, 2.45) is 0 Å². The zero-order valence-electron chi connectivity index (χ0n) is 8.49. The highest BCUT2D eigenvalue weighted by Gasteiger charge is 2.02. The minimum atomic E-state index is -0.533. The Balaban J connectivity index is 2.38. The first-order valence-electron chi connectivity index (χ1n) is 4.61. The molecule has 15 heavy (non-hydrogen) atoms. The van der Waals surface area contributed by atoms with Gasteiger partial charge in [0.15, 0.2) is 0 Å². The zero-order chi connectivity index (χ0) is 11.1. The van der Waals surface area contributed by atoms with E-state index in [9.17, 15) is 4.79 Å². The molecule has 0 aliphatic carbocycles. The molecule has 4 heteroatoms. The number of benzene rings is 1. The number of rotatable bonds is 3. The SMILES string of the molecule is Cc1ccc(OC(=O)NCCC#N)cc1. The second-order valence-corrected chi connectivity index (χ2v) is 3.04. The fourth-order valence-electron chi connectivity index (χ4n) is 0.970. The van der Waals surface area contributed by atoms with E-state index >= 15 is 0 Å². The fraction of sp³-hybridized carbons (Fsp3) is 0.273. The van der Waals surface area contributed by atoms with Gasteiger partial charge < -0.3 is 10.1 Å². The van der Waals surface area contributed by atoms with Crippen LogP contribution >= 0.6 is 0 Å². The smallest absolute Gasteiger partial charge is 0.410 e. The Morgan fingerprint density at radius 1 is 1.47 bits per heavy atom. The van der Waals surface area contributed by atoms with Gasteiger partial charge in [-0.3, -0.25) is 0 Å². The van der Waals surface area contributed by atoms with Gasteiger partial charge in [0.2, 0.25) is 0 Å². The van der Waals surface area contributed by atoms with Crippen molar-refractivity contribution in [3.8, 4) is 11.8 Å². The van der Waals surface area contributed by atoms with Gasteiger partial charge in [-0.25, -0.2) is 4.79 Å². The van der Waals surface area contributed by atoms with Gasteiger partial charge in [0.05, 0.1) is 12.5 Å². The number of aryl methyl sites for hydroxylation is 1. The Morgan fingerprint density at radius 2 is 2.13 bits per heavy atom. The largest absolute Gasteiger partial charge is 0.412 e. The number of carbonyl (C=O) groups excluding carboxylic acids is 1. The number of nitrogens with zero attached hydrogens (tertiary/aromatic N) is 1. The lowest BCUT2D eigenvalue weighted by molar-refractivity contribution is 0.201. The van der Waals surface area contributed by atoms with Crippen molar-refractivity contribution in [1.29, 1.82) is 5.26 Å². The number of hydrogen-bond acceptors (Lipinski definition) is 3. The molecule has 0 heterocycles. The predicted octanol–water partition coefficient (Wildman–Crippen LogP) is 2.00. The van der Waals surface area contributed by atoms with E-state index in [-0.39, 0.29) is 6.42 Å². The van der Waals surface area contributed by atoms with Gasteiger partial charge in [0, 0.05) is 6.54 Å². The quantitative estimate of drug-likeness (QED) is 0.766. The molecule has 0 spiro atoms. The summed E-state index contributed by atoms with van der Waals surface area (Å²) in [6, 6.07) is 9.09. The lowest BCUT2D eigenvalue weighted by Gasteiger charge is -2.04. The summed E-state index contributed by atoms with van der Waals surface area (Å²) < 4.78 is 4.96. The summed E-state index contributed by atoms with van der Waals surface area (Å²) >= 11 is 0. The molecule has 0 aliphatic rings. The van der Waals surface area contributed by atoms with Crippen molar-refractivity contribution < 1.29 is 9.53 Å². The van der Waals surface area contributed by atoms with Crippen molar-refractivity contribution in [3.63, 3.8) is 0 Å². The van der Waals surface area contributed by atoms with Crippen LogP contribution in [0.1, 0.15) is 12.0 Å². The zero-order valence-corrected chi connectivity index (χ0v) is 8.49. The van der Waals surface area contributed by atoms with E-state index in [4.69, 9.17) is 10.00 Å². The third-order valence-corrected chi connectivity index (χ3v) is 1.74. The highest BCUT2D eigenvalue weighted by Crippen LogP contribution is 2.11. The lowest BCUT2D eigenvalue weighted by atomic mass is 10.2. The summed E-state index contributed by atoms with van der Waals surface area (Å²) in [5.74, 6) is 0.495. The van der Waals surface area contributed by atoms with E-state index in [0.717, 1.165) is 5.56 Å². The fourth-order valence-corrected chi connectivity index (χ4v) is 0.970. The van der Waals surface area contributed by atoms with E-state index in [0.29, 0.717) is 12.3 Å². The highest BCUT2D eigenvalue weighted by molar-refractivity contribution is 5.70. The third kappa shape index (κ3) is 4.14. The molecule has 0 saturated heterocycles. The molecule has 0 aromatic heterocycles. The number of amides is 1. The van der Waals surface area contributed by atoms with Crippen LogP contribution in [0.25, 0.3) is 0 Å². The van der Waals surface area contributed by atoms with Crippen LogP contribution in [-0.4, -0.2) is 12.6 Å². The average Bonchev–Trinajstić information content (AvgIpc) is 2.22. The molecule has 4 nitrogen and oxygen atoms in total. The van der Waals surface area contributed by atoms with Crippen LogP contribution in [0.4, 0.5) is 4.79 Å². The van der Waals surface area contributed by atoms with Crippen LogP contribution in [0, 0.1) is 18.3 Å². The first-order valence-corrected chi connectivity index (χ1v) is 4.61. The molecular formula is C11H12N2O2. The van der Waals surface area contributed by atoms with Gasteiger partial charge in [-0.2, -0.15) is 5.26 Å². The third-order valence-electron chi connectivity index (χ3n) is 1.74. The number of ether oxygens (including phenoxy) is 1. The molecule has 0 fully saturated rings. The Bertz CT molecular complexity index is 365. The molecule has 1 aromatic rings. The lowest BCUT2D eigenvalue weighted by Crippen LogP contribution is -2.27. The Hall–Kier alpha value is -2.02. The molecule has 0 aliphatic heterocycles. The predicted molar refractivity (Wildman–Crippen MR) is 55.4 cm³/mol. The van der Waals surface area contributed by atoms with Gasteiger partial charge in [0.1, 0.15) is 5.75 Å². The summed E-state index contributed by atoms with van der Waals surface area (Å²) in [5, 5.41) is 10.7. The molecule has 1 N–H and O–H groups in total. The summed E-state index contributed by atoms with van der Waals surface area (Å²) in [7, 11) is 0. The van der Waals surface area contributed by atoms with Gasteiger partial charge in [-0.05, 0) is 19.1 Å². The van der Waals surface area contributed by atoms with Crippen LogP contribution in [0.3, 0.4) is 0 Å². The molecule has 0 bridgehead atoms. The van der Waals surface area contributed by atoms with Gasteiger partial charge in [0.25, 0.3) is 0 Å². The van der Waals surface area contributed by atoms with E-state index in [1.165, 1.54) is 0 Å². The molecule has 0 unspecified atom stereocenters. The van der Waals surface area contributed by atoms with Crippen molar-refractivity contribution in [2.75, 3.05) is 6.54 Å². The Labute approximate surface area is 88.5 Å².